The summed E-state index contributed by atoms with van der Waals surface area (Å²) in [5.41, 5.74) is 0. The minimum atomic E-state index is -0.212. The molecule has 1 amide bonds. The maximum absolute atomic E-state index is 11.8. The van der Waals surface area contributed by atoms with Gasteiger partial charge in [-0.15, -0.1) is 24.0 Å². The molecule has 2 aromatic rings. The second-order valence-corrected chi connectivity index (χ2v) is 5.87. The first-order chi connectivity index (χ1) is 12.8. The highest BCUT2D eigenvalue weighted by molar-refractivity contribution is 14.0. The lowest BCUT2D eigenvalue weighted by atomic mass is 10.3. The van der Waals surface area contributed by atoms with Gasteiger partial charge in [-0.05, 0) is 24.3 Å². The topological polar surface area (TPSA) is 86.0 Å². The van der Waals surface area contributed by atoms with E-state index in [0.717, 1.165) is 38.0 Å². The number of furan rings is 1. The van der Waals surface area contributed by atoms with E-state index in [2.05, 4.69) is 30.4 Å². The van der Waals surface area contributed by atoms with Crippen LogP contribution >= 0.6 is 24.0 Å². The molecule has 9 heteroatoms. The molecule has 0 aliphatic carbocycles. The Kier molecular flexibility index (Phi) is 8.37. The zero-order valence-electron chi connectivity index (χ0n) is 15.3. The number of guanidine groups is 1. The number of carbonyl (C=O) groups is 1. The average Bonchev–Trinajstić information content (AvgIpc) is 3.24. The molecule has 2 N–H and O–H groups in total. The van der Waals surface area contributed by atoms with Gasteiger partial charge in [0, 0.05) is 52.5 Å². The minimum absolute atomic E-state index is 0. The number of aromatic nitrogens is 1. The van der Waals surface area contributed by atoms with Crippen molar-refractivity contribution in [2.45, 2.75) is 0 Å². The summed E-state index contributed by atoms with van der Waals surface area (Å²) in [5.74, 6) is 1.96. The van der Waals surface area contributed by atoms with Gasteiger partial charge in [0.05, 0.1) is 6.26 Å². The molecule has 0 atom stereocenters. The third-order valence-electron chi connectivity index (χ3n) is 4.20. The number of pyridine rings is 1. The molecule has 1 aliphatic rings. The standard InChI is InChI=1S/C18H24N6O2.HI/c1-19-18(22-9-8-21-17(25)15-5-4-14-26-15)24-12-10-23(11-13-24)16-6-2-3-7-20-16;/h2-7,14H,8-13H2,1H3,(H,19,22)(H,21,25);1H. The van der Waals surface area contributed by atoms with Crippen molar-refractivity contribution in [3.8, 4) is 0 Å². The van der Waals surface area contributed by atoms with Crippen LogP contribution in [-0.2, 0) is 0 Å². The van der Waals surface area contributed by atoms with Gasteiger partial charge in [-0.3, -0.25) is 9.79 Å². The lowest BCUT2D eigenvalue weighted by Crippen LogP contribution is -2.53. The summed E-state index contributed by atoms with van der Waals surface area (Å²) >= 11 is 0. The molecule has 0 saturated carbocycles. The summed E-state index contributed by atoms with van der Waals surface area (Å²) in [7, 11) is 1.77. The smallest absolute Gasteiger partial charge is 0.287 e. The van der Waals surface area contributed by atoms with Crippen molar-refractivity contribution in [1.82, 2.24) is 20.5 Å². The Balaban J connectivity index is 0.00000261. The van der Waals surface area contributed by atoms with E-state index in [0.29, 0.717) is 18.8 Å². The SMILES string of the molecule is CN=C(NCCNC(=O)c1ccco1)N1CCN(c2ccccn2)CC1.I. The molecule has 0 radical (unpaired) electrons. The van der Waals surface area contributed by atoms with Crippen molar-refractivity contribution in [1.29, 1.82) is 0 Å². The van der Waals surface area contributed by atoms with Crippen LogP contribution in [0.2, 0.25) is 0 Å². The van der Waals surface area contributed by atoms with E-state index < -0.39 is 0 Å². The predicted octanol–water partition coefficient (Wildman–Crippen LogP) is 1.42. The number of hydrogen-bond donors (Lipinski definition) is 2. The molecule has 2 aromatic heterocycles. The van der Waals surface area contributed by atoms with Gasteiger partial charge in [0.2, 0.25) is 0 Å². The summed E-state index contributed by atoms with van der Waals surface area (Å²) in [4.78, 5) is 25.0. The highest BCUT2D eigenvalue weighted by atomic mass is 127. The van der Waals surface area contributed by atoms with Gasteiger partial charge in [-0.2, -0.15) is 0 Å². The van der Waals surface area contributed by atoms with Crippen molar-refractivity contribution < 1.29 is 9.21 Å². The number of piperazine rings is 1. The first kappa shape index (κ1) is 21.0. The van der Waals surface area contributed by atoms with Crippen molar-refractivity contribution in [2.75, 3.05) is 51.2 Å². The molecule has 3 heterocycles. The van der Waals surface area contributed by atoms with Gasteiger partial charge in [-0.25, -0.2) is 4.98 Å². The molecule has 0 spiro atoms. The molecule has 0 bridgehead atoms. The summed E-state index contributed by atoms with van der Waals surface area (Å²) in [6, 6.07) is 9.30. The molecule has 3 rings (SSSR count). The Hall–Kier alpha value is -2.30. The fraction of sp³-hybridized carbons (Fsp3) is 0.389. The highest BCUT2D eigenvalue weighted by Gasteiger charge is 2.20. The van der Waals surface area contributed by atoms with Gasteiger partial charge in [0.15, 0.2) is 11.7 Å². The third-order valence-corrected chi connectivity index (χ3v) is 4.20. The highest BCUT2D eigenvalue weighted by Crippen LogP contribution is 2.12. The Bertz CT molecular complexity index is 715. The van der Waals surface area contributed by atoms with Gasteiger partial charge >= 0.3 is 0 Å². The number of nitrogens with one attached hydrogen (secondary N) is 2. The van der Waals surface area contributed by atoms with Crippen molar-refractivity contribution in [3.05, 3.63) is 48.6 Å². The summed E-state index contributed by atoms with van der Waals surface area (Å²) in [5, 5.41) is 6.10. The number of carbonyl (C=O) groups excluding carboxylic acids is 1. The van der Waals surface area contributed by atoms with Gasteiger partial charge in [0.25, 0.3) is 5.91 Å². The number of amides is 1. The van der Waals surface area contributed by atoms with Crippen LogP contribution in [0.1, 0.15) is 10.6 Å². The Morgan fingerprint density at radius 2 is 1.93 bits per heavy atom. The van der Waals surface area contributed by atoms with E-state index in [4.69, 9.17) is 4.42 Å². The lowest BCUT2D eigenvalue weighted by molar-refractivity contribution is 0.0926. The summed E-state index contributed by atoms with van der Waals surface area (Å²) in [6.45, 7) is 4.62. The van der Waals surface area contributed by atoms with Crippen LogP contribution < -0.4 is 15.5 Å². The largest absolute Gasteiger partial charge is 0.459 e. The maximum atomic E-state index is 11.8. The number of anilines is 1. The van der Waals surface area contributed by atoms with Crippen LogP contribution in [-0.4, -0.2) is 68.1 Å². The second-order valence-electron chi connectivity index (χ2n) is 5.87. The molecular formula is C18H25IN6O2. The molecule has 27 heavy (non-hydrogen) atoms. The van der Waals surface area contributed by atoms with E-state index >= 15 is 0 Å². The fourth-order valence-electron chi connectivity index (χ4n) is 2.87. The Morgan fingerprint density at radius 3 is 2.56 bits per heavy atom. The number of hydrogen-bond acceptors (Lipinski definition) is 5. The lowest BCUT2D eigenvalue weighted by Gasteiger charge is -2.37. The molecule has 0 unspecified atom stereocenters. The normalized spacial score (nSPS) is 14.5. The van der Waals surface area contributed by atoms with Crippen molar-refractivity contribution in [3.63, 3.8) is 0 Å². The van der Waals surface area contributed by atoms with Crippen LogP contribution in [0.15, 0.2) is 52.2 Å². The molecule has 146 valence electrons. The maximum Gasteiger partial charge on any atom is 0.287 e. The number of rotatable bonds is 5. The second kappa shape index (κ2) is 10.8. The fourth-order valence-corrected chi connectivity index (χ4v) is 2.87. The minimum Gasteiger partial charge on any atom is -0.459 e. The van der Waals surface area contributed by atoms with Crippen LogP contribution in [0.3, 0.4) is 0 Å². The van der Waals surface area contributed by atoms with Crippen LogP contribution in [0.5, 0.6) is 0 Å². The summed E-state index contributed by atoms with van der Waals surface area (Å²) in [6.07, 6.45) is 3.30. The van der Waals surface area contributed by atoms with Crippen LogP contribution in [0, 0.1) is 0 Å². The number of aliphatic imine (C=N–C) groups is 1. The van der Waals surface area contributed by atoms with Gasteiger partial charge in [0.1, 0.15) is 5.82 Å². The average molecular weight is 484 g/mol. The first-order valence-electron chi connectivity index (χ1n) is 8.71. The van der Waals surface area contributed by atoms with E-state index in [1.54, 1.807) is 19.2 Å². The van der Waals surface area contributed by atoms with Crippen LogP contribution in [0.25, 0.3) is 0 Å². The molecule has 0 aromatic carbocycles. The summed E-state index contributed by atoms with van der Waals surface area (Å²) < 4.78 is 5.06. The Morgan fingerprint density at radius 1 is 1.15 bits per heavy atom. The van der Waals surface area contributed by atoms with Crippen molar-refractivity contribution in [2.24, 2.45) is 4.99 Å². The van der Waals surface area contributed by atoms with Gasteiger partial charge in [-0.1, -0.05) is 6.07 Å². The molecule has 8 nitrogen and oxygen atoms in total. The van der Waals surface area contributed by atoms with E-state index in [1.807, 2.05) is 24.4 Å². The van der Waals surface area contributed by atoms with Gasteiger partial charge < -0.3 is 24.9 Å². The third kappa shape index (κ3) is 5.84. The van der Waals surface area contributed by atoms with E-state index in [-0.39, 0.29) is 29.9 Å². The van der Waals surface area contributed by atoms with Crippen molar-refractivity contribution >= 4 is 41.7 Å². The Labute approximate surface area is 176 Å². The zero-order valence-corrected chi connectivity index (χ0v) is 17.6. The molecule has 1 saturated heterocycles. The van der Waals surface area contributed by atoms with E-state index in [1.165, 1.54) is 6.26 Å². The monoisotopic (exact) mass is 484 g/mol. The molecule has 1 aliphatic heterocycles. The zero-order chi connectivity index (χ0) is 18.2. The molecule has 1 fully saturated rings. The number of halogens is 1. The van der Waals surface area contributed by atoms with E-state index in [9.17, 15) is 4.79 Å². The quantitative estimate of drug-likeness (QED) is 0.289. The predicted molar refractivity (Wildman–Crippen MR) is 116 cm³/mol. The molecular weight excluding hydrogens is 459 g/mol. The first-order valence-corrected chi connectivity index (χ1v) is 8.71. The number of nitrogens with zero attached hydrogens (tertiary/aromatic N) is 4. The van der Waals surface area contributed by atoms with Crippen LogP contribution in [0.4, 0.5) is 5.82 Å².